The average Bonchev–Trinajstić information content (AvgIpc) is 1.61. The Hall–Kier alpha value is -10.4. The molecule has 1 aromatic heterocycles. The summed E-state index contributed by atoms with van der Waals surface area (Å²) >= 11 is 0. The molecule has 566 valence electrons. The molecule has 0 aliphatic rings. The van der Waals surface area contributed by atoms with E-state index in [1.165, 1.54) is 38.1 Å². The number of fused-ring (bicyclic) bond motifs is 1. The van der Waals surface area contributed by atoms with E-state index >= 15 is 9.59 Å². The lowest BCUT2D eigenvalue weighted by atomic mass is 10.00. The number of benzene rings is 4. The number of nitrogens with two attached hydrogens (primary N) is 4. The van der Waals surface area contributed by atoms with E-state index in [4.69, 9.17) is 28.0 Å². The Bertz CT molecular complexity index is 3620. The number of primary amides is 1. The van der Waals surface area contributed by atoms with Crippen LogP contribution in [0.25, 0.3) is 10.9 Å². The molecule has 5 aromatic rings. The number of nitrogens with one attached hydrogen (secondary N) is 11. The van der Waals surface area contributed by atoms with Crippen molar-refractivity contribution in [3.05, 3.63) is 138 Å². The highest BCUT2D eigenvalue weighted by Gasteiger charge is 2.38. The van der Waals surface area contributed by atoms with Gasteiger partial charge in [-0.05, 0) is 112 Å². The summed E-state index contributed by atoms with van der Waals surface area (Å²) in [7, 11) is 0. The molecular formula is C72H101N15O17. The molecule has 0 fully saturated rings. The number of H-pyrrole nitrogens is 1. The topological polar surface area (TPSA) is 546 Å². The molecule has 24 N–H and O–H groups in total. The minimum Gasteiger partial charge on any atom is -0.508 e. The molecule has 32 nitrogen and oxygen atoms in total. The number of carbonyl (C=O) groups is 12. The van der Waals surface area contributed by atoms with Crippen molar-refractivity contribution in [2.75, 3.05) is 26.2 Å². The van der Waals surface area contributed by atoms with E-state index in [9.17, 15) is 68.4 Å². The van der Waals surface area contributed by atoms with Gasteiger partial charge in [0.05, 0.1) is 31.3 Å². The zero-order valence-corrected chi connectivity index (χ0v) is 58.5. The molecule has 0 saturated carbocycles. The van der Waals surface area contributed by atoms with Gasteiger partial charge in [0.25, 0.3) is 0 Å². The monoisotopic (exact) mass is 1450 g/mol. The summed E-state index contributed by atoms with van der Waals surface area (Å²) in [5, 5.41) is 77.5. The van der Waals surface area contributed by atoms with E-state index in [2.05, 4.69) is 58.2 Å². The summed E-state index contributed by atoms with van der Waals surface area (Å²) in [6.45, 7) is 2.09. The standard InChI is InChI=1S/C72H101N15O17/c1-42(89)61(71(103)84-55(36-45-21-9-6-10-22-45)70(102)87-62(43(2)90)72(104)85-58(41-88)64(96)77-34-18-4-3-11-27-60(93)94)86-65(97)52(26-15-17-33-74)79-68(100)56(38-47-40-78-51-25-13-12-23-49(47)51)83-67(99)53(35-44-19-7-5-8-20-44)81-66(98)54(37-46-28-30-48(91)31-29-46)82-69(101)57(39-59(76)92)80-63(95)50(75)24-14-16-32-73/h5-10,12-13,19-23,25,28-31,40,42-43,50,52-58,61-62,78,88-91H,3-4,11,14-18,24,26-27,32-39,41,73-75H2,1-2H3,(H2,76,92)(H,77,96)(H,79,100)(H,80,95)(H,81,98)(H,82,101)(H,83,99)(H,84,103)(H,85,104)(H,86,97)(H,87,102)(H,93,94)/t42-,43-,50+,52+,53+,54+,55+,56-,57+,58+,61+,62+/m1/s1. The fraction of sp³-hybridized carbons (Fsp3) is 0.472. The number of carboxylic acids is 1. The summed E-state index contributed by atoms with van der Waals surface area (Å²) in [5.74, 6) is -11.7. The summed E-state index contributed by atoms with van der Waals surface area (Å²) in [6, 6.07) is 13.7. The van der Waals surface area contributed by atoms with E-state index in [1.807, 2.05) is 0 Å². The molecule has 0 aliphatic heterocycles. The fourth-order valence-electron chi connectivity index (χ4n) is 11.2. The lowest BCUT2D eigenvalue weighted by Crippen LogP contribution is -2.63. The van der Waals surface area contributed by atoms with Crippen LogP contribution < -0.4 is 76.1 Å². The Balaban J connectivity index is 1.44. The predicted molar refractivity (Wildman–Crippen MR) is 383 cm³/mol. The van der Waals surface area contributed by atoms with Gasteiger partial charge in [-0.2, -0.15) is 0 Å². The number of hydrogen-bond acceptors (Lipinski definition) is 19. The lowest BCUT2D eigenvalue weighted by molar-refractivity contribution is -0.138. The zero-order valence-electron chi connectivity index (χ0n) is 58.5. The number of hydrogen-bond donors (Lipinski definition) is 20. The second-order valence-corrected chi connectivity index (χ2v) is 25.6. The number of carboxylic acid groups (broad SMARTS) is 1. The number of aliphatic hydroxyl groups is 3. The SMILES string of the molecule is C[C@@H](O)[C@H](NC(=O)[C@H](Cc1ccccc1)NC(=O)[C@@H](NC(=O)[C@H](CCCCN)NC(=O)[C@@H](Cc1c[nH]c2ccccc12)NC(=O)[C@H](Cc1ccccc1)NC(=O)[C@H](Cc1ccc(O)cc1)NC(=O)[C@H](CC(N)=O)NC(=O)[C@@H](N)CCCCN)[C@@H](C)O)C(=O)N[C@@H](CO)C(=O)NCCCCCCC(=O)O. The molecule has 1 heterocycles. The largest absolute Gasteiger partial charge is 0.508 e. The van der Waals surface area contributed by atoms with Gasteiger partial charge < -0.3 is 107 Å². The molecule has 12 atom stereocenters. The number of unbranched alkanes of at least 4 members (excludes halogenated alkanes) is 5. The Labute approximate surface area is 602 Å². The highest BCUT2D eigenvalue weighted by atomic mass is 16.4. The van der Waals surface area contributed by atoms with Gasteiger partial charge in [-0.3, -0.25) is 57.5 Å². The summed E-state index contributed by atoms with van der Waals surface area (Å²) in [5.41, 5.74) is 25.8. The maximum Gasteiger partial charge on any atom is 0.303 e. The van der Waals surface area contributed by atoms with Crippen molar-refractivity contribution >= 4 is 81.9 Å². The number of amides is 11. The van der Waals surface area contributed by atoms with Crippen LogP contribution >= 0.6 is 0 Å². The first kappa shape index (κ1) is 84.3. The number of aliphatic hydroxyl groups excluding tert-OH is 3. The number of aromatic hydroxyl groups is 1. The minimum atomic E-state index is -1.86. The van der Waals surface area contributed by atoms with Crippen molar-refractivity contribution in [2.45, 2.75) is 189 Å². The summed E-state index contributed by atoms with van der Waals surface area (Å²) in [4.78, 5) is 170. The van der Waals surface area contributed by atoms with Gasteiger partial charge in [0.2, 0.25) is 65.0 Å². The Morgan fingerprint density at radius 2 is 0.865 bits per heavy atom. The van der Waals surface area contributed by atoms with E-state index < -0.39 is 157 Å². The second-order valence-electron chi connectivity index (χ2n) is 25.6. The molecule has 11 amide bonds. The van der Waals surface area contributed by atoms with E-state index in [0.29, 0.717) is 84.6 Å². The number of aromatic nitrogens is 1. The molecule has 0 spiro atoms. The molecule has 4 aromatic carbocycles. The van der Waals surface area contributed by atoms with E-state index in [0.717, 1.165) is 0 Å². The van der Waals surface area contributed by atoms with Gasteiger partial charge in [-0.25, -0.2) is 0 Å². The fourth-order valence-corrected chi connectivity index (χ4v) is 11.2. The normalized spacial score (nSPS) is 14.7. The highest BCUT2D eigenvalue weighted by molar-refractivity contribution is 6.00. The van der Waals surface area contributed by atoms with Crippen LogP contribution in [0.2, 0.25) is 0 Å². The number of aromatic amines is 1. The van der Waals surface area contributed by atoms with Gasteiger partial charge >= 0.3 is 5.97 Å². The maximum atomic E-state index is 15.2. The van der Waals surface area contributed by atoms with Crippen molar-refractivity contribution in [1.29, 1.82) is 0 Å². The third-order valence-corrected chi connectivity index (χ3v) is 17.1. The van der Waals surface area contributed by atoms with Crippen LogP contribution in [0, 0.1) is 0 Å². The van der Waals surface area contributed by atoms with Gasteiger partial charge in [0, 0.05) is 55.7 Å². The van der Waals surface area contributed by atoms with Crippen molar-refractivity contribution in [3.8, 4) is 5.75 Å². The summed E-state index contributed by atoms with van der Waals surface area (Å²) in [6.07, 6.45) is 0.330. The first-order valence-corrected chi connectivity index (χ1v) is 34.8. The van der Waals surface area contributed by atoms with E-state index in [1.54, 1.807) is 91.1 Å². The lowest BCUT2D eigenvalue weighted by Gasteiger charge is -2.29. The first-order chi connectivity index (χ1) is 49.7. The molecule has 0 bridgehead atoms. The number of aliphatic carboxylic acids is 1. The molecule has 32 heteroatoms. The number of carbonyl (C=O) groups excluding carboxylic acids is 11. The van der Waals surface area contributed by atoms with Gasteiger partial charge in [0.1, 0.15) is 60.1 Å². The number of phenols is 1. The molecule has 0 radical (unpaired) electrons. The molecular weight excluding hydrogens is 1350 g/mol. The van der Waals surface area contributed by atoms with Crippen LogP contribution in [0.15, 0.2) is 115 Å². The van der Waals surface area contributed by atoms with Crippen LogP contribution in [0.4, 0.5) is 0 Å². The third-order valence-electron chi connectivity index (χ3n) is 17.1. The first-order valence-electron chi connectivity index (χ1n) is 34.8. The zero-order chi connectivity index (χ0) is 76.3. The van der Waals surface area contributed by atoms with Gasteiger partial charge in [-0.15, -0.1) is 0 Å². The van der Waals surface area contributed by atoms with Gasteiger partial charge in [-0.1, -0.05) is 110 Å². The molecule has 0 saturated heterocycles. The number of para-hydroxylation sites is 1. The van der Waals surface area contributed by atoms with E-state index in [-0.39, 0.29) is 70.2 Å². The molecule has 0 unspecified atom stereocenters. The number of phenolic OH excluding ortho intramolecular Hbond substituents is 1. The quantitative estimate of drug-likeness (QED) is 0.0185. The van der Waals surface area contributed by atoms with Crippen molar-refractivity contribution in [1.82, 2.24) is 58.2 Å². The minimum absolute atomic E-state index is 0.00434. The molecule has 5 rings (SSSR count). The predicted octanol–water partition coefficient (Wildman–Crippen LogP) is -2.13. The summed E-state index contributed by atoms with van der Waals surface area (Å²) < 4.78 is 0. The molecule has 104 heavy (non-hydrogen) atoms. The van der Waals surface area contributed by atoms with Crippen molar-refractivity contribution in [2.24, 2.45) is 22.9 Å². The Morgan fingerprint density at radius 3 is 1.37 bits per heavy atom. The van der Waals surface area contributed by atoms with Crippen LogP contribution in [-0.2, 0) is 83.2 Å². The highest BCUT2D eigenvalue weighted by Crippen LogP contribution is 2.21. The van der Waals surface area contributed by atoms with Crippen LogP contribution in [0.3, 0.4) is 0 Å². The smallest absolute Gasteiger partial charge is 0.303 e. The van der Waals surface area contributed by atoms with Crippen LogP contribution in [-0.4, -0.2) is 200 Å². The number of rotatable bonds is 47. The average molecular weight is 1450 g/mol. The van der Waals surface area contributed by atoms with Crippen LogP contribution in [0.1, 0.15) is 113 Å². The third kappa shape index (κ3) is 28.8. The van der Waals surface area contributed by atoms with Crippen LogP contribution in [0.5, 0.6) is 5.75 Å². The van der Waals surface area contributed by atoms with Crippen molar-refractivity contribution < 1.29 is 83.1 Å². The van der Waals surface area contributed by atoms with Gasteiger partial charge in [0.15, 0.2) is 0 Å². The van der Waals surface area contributed by atoms with Crippen molar-refractivity contribution in [3.63, 3.8) is 0 Å². The second kappa shape index (κ2) is 44.2. The maximum absolute atomic E-state index is 15.2. The Morgan fingerprint density at radius 1 is 0.442 bits per heavy atom. The molecule has 0 aliphatic carbocycles. The Kier molecular flexibility index (Phi) is 35.8.